The monoisotopic (exact) mass is 410 g/mol. The molecule has 0 atom stereocenters. The zero-order valence-electron chi connectivity index (χ0n) is 12.8. The summed E-state index contributed by atoms with van der Waals surface area (Å²) in [7, 11) is 0. The fraction of sp³-hybridized carbons (Fsp3) is 0.412. The van der Waals surface area contributed by atoms with Crippen LogP contribution >= 0.6 is 39.0 Å². The number of hydrogen-bond donors (Lipinski definition) is 0. The maximum atomic E-state index is 12.3. The molecule has 1 amide bonds. The van der Waals surface area contributed by atoms with Crippen molar-refractivity contribution in [3.63, 3.8) is 0 Å². The molecule has 122 valence electrons. The first kappa shape index (κ1) is 17.0. The maximum Gasteiger partial charge on any atom is 0.228 e. The van der Waals surface area contributed by atoms with Crippen molar-refractivity contribution in [3.8, 4) is 0 Å². The predicted molar refractivity (Wildman–Crippen MR) is 100.0 cm³/mol. The number of benzene rings is 1. The molecule has 23 heavy (non-hydrogen) atoms. The van der Waals surface area contributed by atoms with E-state index >= 15 is 0 Å². The van der Waals surface area contributed by atoms with Gasteiger partial charge in [0.25, 0.3) is 0 Å². The summed E-state index contributed by atoms with van der Waals surface area (Å²) < 4.78 is 2.13. The highest BCUT2D eigenvalue weighted by Gasteiger charge is 2.17. The number of hydrogen-bond acceptors (Lipinski definition) is 4. The van der Waals surface area contributed by atoms with Crippen molar-refractivity contribution in [2.45, 2.75) is 35.8 Å². The third-order valence-electron chi connectivity index (χ3n) is 3.85. The van der Waals surface area contributed by atoms with E-state index in [1.165, 1.54) is 12.0 Å². The molecular formula is C17H19BrN2OS2. The SMILES string of the molecule is O=C(Cc1csc(SCc2ccc(Br)cc2)n1)N1CCCCC1. The fourth-order valence-electron chi connectivity index (χ4n) is 2.57. The lowest BCUT2D eigenvalue weighted by Crippen LogP contribution is -2.36. The Morgan fingerprint density at radius 1 is 1.22 bits per heavy atom. The van der Waals surface area contributed by atoms with Crippen LogP contribution < -0.4 is 0 Å². The van der Waals surface area contributed by atoms with Gasteiger partial charge in [0.05, 0.1) is 12.1 Å². The van der Waals surface area contributed by atoms with Crippen molar-refractivity contribution in [1.29, 1.82) is 0 Å². The zero-order valence-corrected chi connectivity index (χ0v) is 16.1. The summed E-state index contributed by atoms with van der Waals surface area (Å²) in [6.07, 6.45) is 3.96. The van der Waals surface area contributed by atoms with Crippen LogP contribution in [0.25, 0.3) is 0 Å². The molecule has 0 spiro atoms. The van der Waals surface area contributed by atoms with E-state index in [9.17, 15) is 4.79 Å². The minimum Gasteiger partial charge on any atom is -0.342 e. The third-order valence-corrected chi connectivity index (χ3v) is 6.52. The van der Waals surface area contributed by atoms with Crippen molar-refractivity contribution in [3.05, 3.63) is 45.4 Å². The van der Waals surface area contributed by atoms with Gasteiger partial charge in [-0.25, -0.2) is 4.98 Å². The first-order valence-electron chi connectivity index (χ1n) is 7.80. The third kappa shape index (κ3) is 5.06. The smallest absolute Gasteiger partial charge is 0.228 e. The topological polar surface area (TPSA) is 33.2 Å². The molecule has 1 aromatic heterocycles. The average molecular weight is 411 g/mol. The van der Waals surface area contributed by atoms with Crippen LogP contribution in [0.2, 0.25) is 0 Å². The lowest BCUT2D eigenvalue weighted by atomic mass is 10.1. The van der Waals surface area contributed by atoms with E-state index in [0.717, 1.165) is 46.2 Å². The first-order chi connectivity index (χ1) is 11.2. The second-order valence-electron chi connectivity index (χ2n) is 5.64. The molecule has 3 nitrogen and oxygen atoms in total. The van der Waals surface area contributed by atoms with Crippen LogP contribution in [0.3, 0.4) is 0 Å². The minimum absolute atomic E-state index is 0.222. The highest BCUT2D eigenvalue weighted by molar-refractivity contribution is 9.10. The number of thioether (sulfide) groups is 1. The Kier molecular flexibility index (Phi) is 6.14. The molecule has 1 aliphatic rings. The number of piperidine rings is 1. The Bertz CT molecular complexity index is 651. The molecular weight excluding hydrogens is 392 g/mol. The maximum absolute atomic E-state index is 12.3. The van der Waals surface area contributed by atoms with Gasteiger partial charge in [0.2, 0.25) is 5.91 Å². The summed E-state index contributed by atoms with van der Waals surface area (Å²) >= 11 is 6.81. The molecule has 2 heterocycles. The summed E-state index contributed by atoms with van der Waals surface area (Å²) in [5.41, 5.74) is 2.18. The molecule has 0 radical (unpaired) electrons. The van der Waals surface area contributed by atoms with Crippen molar-refractivity contribution in [1.82, 2.24) is 9.88 Å². The van der Waals surface area contributed by atoms with Gasteiger partial charge in [-0.1, -0.05) is 39.8 Å². The molecule has 1 fully saturated rings. The number of halogens is 1. The standard InChI is InChI=1S/C17H19BrN2OS2/c18-14-6-4-13(5-7-14)11-22-17-19-15(12-23-17)10-16(21)20-8-2-1-3-9-20/h4-7,12H,1-3,8-11H2. The molecule has 6 heteroatoms. The van der Waals surface area contributed by atoms with Gasteiger partial charge in [0.1, 0.15) is 4.34 Å². The highest BCUT2D eigenvalue weighted by atomic mass is 79.9. The number of rotatable bonds is 5. The molecule has 0 saturated carbocycles. The second kappa shape index (κ2) is 8.31. The molecule has 0 bridgehead atoms. The van der Waals surface area contributed by atoms with Crippen LogP contribution in [0.4, 0.5) is 0 Å². The Balaban J connectivity index is 1.51. The van der Waals surface area contributed by atoms with Gasteiger partial charge in [-0.05, 0) is 37.0 Å². The van der Waals surface area contributed by atoms with E-state index in [2.05, 4.69) is 45.2 Å². The van der Waals surface area contributed by atoms with Crippen LogP contribution in [0, 0.1) is 0 Å². The normalized spacial score (nSPS) is 14.9. The first-order valence-corrected chi connectivity index (χ1v) is 10.5. The van der Waals surface area contributed by atoms with E-state index in [0.29, 0.717) is 6.42 Å². The van der Waals surface area contributed by atoms with Crippen LogP contribution in [-0.4, -0.2) is 28.9 Å². The predicted octanol–water partition coefficient (Wildman–Crippen LogP) is 4.75. The quantitative estimate of drug-likeness (QED) is 0.666. The number of likely N-dealkylation sites (tertiary alicyclic amines) is 1. The number of carbonyl (C=O) groups is 1. The largest absolute Gasteiger partial charge is 0.342 e. The van der Waals surface area contributed by atoms with Gasteiger partial charge >= 0.3 is 0 Å². The second-order valence-corrected chi connectivity index (χ2v) is 8.63. The summed E-state index contributed by atoms with van der Waals surface area (Å²) in [5.74, 6) is 1.12. The van der Waals surface area contributed by atoms with Gasteiger partial charge in [-0.15, -0.1) is 11.3 Å². The van der Waals surface area contributed by atoms with E-state index in [1.54, 1.807) is 23.1 Å². The lowest BCUT2D eigenvalue weighted by molar-refractivity contribution is -0.131. The number of amides is 1. The molecule has 2 aromatic rings. The van der Waals surface area contributed by atoms with Crippen LogP contribution in [-0.2, 0) is 17.0 Å². The lowest BCUT2D eigenvalue weighted by Gasteiger charge is -2.26. The molecule has 1 saturated heterocycles. The van der Waals surface area contributed by atoms with E-state index in [1.807, 2.05) is 10.3 Å². The van der Waals surface area contributed by atoms with Crippen LogP contribution in [0.1, 0.15) is 30.5 Å². The number of carbonyl (C=O) groups excluding carboxylic acids is 1. The van der Waals surface area contributed by atoms with Crippen molar-refractivity contribution in [2.75, 3.05) is 13.1 Å². The minimum atomic E-state index is 0.222. The van der Waals surface area contributed by atoms with Gasteiger partial charge in [0, 0.05) is 28.7 Å². The summed E-state index contributed by atoms with van der Waals surface area (Å²) in [6, 6.07) is 8.35. The van der Waals surface area contributed by atoms with E-state index < -0.39 is 0 Å². The molecule has 0 aliphatic carbocycles. The van der Waals surface area contributed by atoms with Crippen molar-refractivity contribution >= 4 is 44.9 Å². The highest BCUT2D eigenvalue weighted by Crippen LogP contribution is 2.27. The number of aromatic nitrogens is 1. The molecule has 0 unspecified atom stereocenters. The van der Waals surface area contributed by atoms with Gasteiger partial charge in [0.15, 0.2) is 0 Å². The molecule has 3 rings (SSSR count). The van der Waals surface area contributed by atoms with Crippen LogP contribution in [0.5, 0.6) is 0 Å². The summed E-state index contributed by atoms with van der Waals surface area (Å²) in [5, 5.41) is 2.02. The Morgan fingerprint density at radius 2 is 1.96 bits per heavy atom. The fourth-order valence-corrected chi connectivity index (χ4v) is 4.64. The molecule has 1 aromatic carbocycles. The van der Waals surface area contributed by atoms with Gasteiger partial charge in [-0.3, -0.25) is 4.79 Å². The van der Waals surface area contributed by atoms with Crippen molar-refractivity contribution < 1.29 is 4.79 Å². The Morgan fingerprint density at radius 3 is 2.70 bits per heavy atom. The number of thiazole rings is 1. The Hall–Kier alpha value is -0.850. The van der Waals surface area contributed by atoms with Crippen molar-refractivity contribution in [2.24, 2.45) is 0 Å². The molecule has 1 aliphatic heterocycles. The van der Waals surface area contributed by atoms with Gasteiger partial charge in [-0.2, -0.15) is 0 Å². The average Bonchev–Trinajstić information content (AvgIpc) is 3.02. The van der Waals surface area contributed by atoms with E-state index in [4.69, 9.17) is 0 Å². The Labute approximate surface area is 153 Å². The zero-order chi connectivity index (χ0) is 16.1. The van der Waals surface area contributed by atoms with Crippen LogP contribution in [0.15, 0.2) is 38.5 Å². The van der Waals surface area contributed by atoms with E-state index in [-0.39, 0.29) is 5.91 Å². The summed E-state index contributed by atoms with van der Waals surface area (Å²) in [6.45, 7) is 1.82. The number of nitrogens with zero attached hydrogens (tertiary/aromatic N) is 2. The molecule has 0 N–H and O–H groups in total. The summed E-state index contributed by atoms with van der Waals surface area (Å²) in [4.78, 5) is 18.9. The van der Waals surface area contributed by atoms with Gasteiger partial charge < -0.3 is 4.90 Å².